The maximum Gasteiger partial charge on any atom is 0.129 e. The molecule has 0 atom stereocenters. The number of rotatable bonds is 2. The third kappa shape index (κ3) is 5.79. The van der Waals surface area contributed by atoms with Crippen LogP contribution in [-0.4, -0.2) is 20.2 Å². The van der Waals surface area contributed by atoms with E-state index in [-0.39, 0.29) is 13.2 Å². The third-order valence-electron chi connectivity index (χ3n) is 2.31. The van der Waals surface area contributed by atoms with Gasteiger partial charge in [-0.3, -0.25) is 4.98 Å². The van der Waals surface area contributed by atoms with Crippen molar-refractivity contribution < 1.29 is 10.2 Å². The number of aryl methyl sites for hydroxylation is 2. The molecule has 0 aromatic carbocycles. The molecule has 2 aromatic rings. The van der Waals surface area contributed by atoms with Crippen LogP contribution >= 0.6 is 11.6 Å². The van der Waals surface area contributed by atoms with Crippen molar-refractivity contribution in [2.24, 2.45) is 0 Å². The van der Waals surface area contributed by atoms with Crippen molar-refractivity contribution in [2.75, 3.05) is 0 Å². The summed E-state index contributed by atoms with van der Waals surface area (Å²) in [4.78, 5) is 7.91. The molecule has 19 heavy (non-hydrogen) atoms. The highest BCUT2D eigenvalue weighted by molar-refractivity contribution is 6.29. The van der Waals surface area contributed by atoms with E-state index < -0.39 is 0 Å². The molecule has 4 nitrogen and oxygen atoms in total. The van der Waals surface area contributed by atoms with Gasteiger partial charge in [0.2, 0.25) is 0 Å². The Labute approximate surface area is 117 Å². The van der Waals surface area contributed by atoms with Crippen LogP contribution in [-0.2, 0) is 13.2 Å². The molecule has 5 heteroatoms. The summed E-state index contributed by atoms with van der Waals surface area (Å²) in [6.07, 6.45) is 1.70. The molecule has 2 rings (SSSR count). The lowest BCUT2D eigenvalue weighted by atomic mass is 10.2. The van der Waals surface area contributed by atoms with Gasteiger partial charge in [-0.15, -0.1) is 0 Å². The molecule has 0 aliphatic rings. The molecule has 0 aliphatic carbocycles. The summed E-state index contributed by atoms with van der Waals surface area (Å²) < 4.78 is 0. The first-order valence-corrected chi connectivity index (χ1v) is 6.19. The van der Waals surface area contributed by atoms with Crippen molar-refractivity contribution in [3.05, 3.63) is 58.1 Å². The number of hydrogen-bond acceptors (Lipinski definition) is 4. The van der Waals surface area contributed by atoms with Gasteiger partial charge in [-0.25, -0.2) is 4.98 Å². The lowest BCUT2D eigenvalue weighted by Crippen LogP contribution is -1.87. The first-order chi connectivity index (χ1) is 9.05. The van der Waals surface area contributed by atoms with Crippen LogP contribution in [0.15, 0.2) is 30.5 Å². The third-order valence-corrected chi connectivity index (χ3v) is 2.50. The van der Waals surface area contributed by atoms with Crippen LogP contribution in [0.1, 0.15) is 22.5 Å². The molecule has 0 unspecified atom stereocenters. The molecule has 0 bridgehead atoms. The summed E-state index contributed by atoms with van der Waals surface area (Å²) in [6.45, 7) is 3.86. The van der Waals surface area contributed by atoms with Gasteiger partial charge < -0.3 is 10.2 Å². The monoisotopic (exact) mass is 280 g/mol. The van der Waals surface area contributed by atoms with E-state index in [9.17, 15) is 0 Å². The Morgan fingerprint density at radius 3 is 2.11 bits per heavy atom. The van der Waals surface area contributed by atoms with E-state index in [0.29, 0.717) is 5.15 Å². The Bertz CT molecular complexity index is 512. The van der Waals surface area contributed by atoms with E-state index in [1.807, 2.05) is 19.9 Å². The number of aliphatic hydroxyl groups excluding tert-OH is 2. The molecule has 0 aliphatic heterocycles. The second-order valence-corrected chi connectivity index (χ2v) is 4.45. The normalized spacial score (nSPS) is 9.74. The Hall–Kier alpha value is -1.49. The van der Waals surface area contributed by atoms with Crippen molar-refractivity contribution in [1.82, 2.24) is 9.97 Å². The van der Waals surface area contributed by atoms with Crippen LogP contribution in [0.2, 0.25) is 5.15 Å². The van der Waals surface area contributed by atoms with Gasteiger partial charge >= 0.3 is 0 Å². The molecular weight excluding hydrogens is 264 g/mol. The number of pyridine rings is 2. The van der Waals surface area contributed by atoms with Crippen LogP contribution in [0, 0.1) is 13.8 Å². The van der Waals surface area contributed by atoms with E-state index in [1.54, 1.807) is 24.4 Å². The zero-order chi connectivity index (χ0) is 14.3. The predicted octanol–water partition coefficient (Wildman–Crippen LogP) is 2.42. The zero-order valence-electron chi connectivity index (χ0n) is 11.0. The van der Waals surface area contributed by atoms with E-state index >= 15 is 0 Å². The largest absolute Gasteiger partial charge is 0.392 e. The van der Waals surface area contributed by atoms with E-state index in [2.05, 4.69) is 9.97 Å². The first kappa shape index (κ1) is 15.6. The minimum Gasteiger partial charge on any atom is -0.392 e. The fraction of sp³-hybridized carbons (Fsp3) is 0.286. The second-order valence-electron chi connectivity index (χ2n) is 4.06. The average molecular weight is 281 g/mol. The van der Waals surface area contributed by atoms with Gasteiger partial charge in [0.1, 0.15) is 5.15 Å². The van der Waals surface area contributed by atoms with E-state index in [1.165, 1.54) is 0 Å². The Morgan fingerprint density at radius 1 is 1.00 bits per heavy atom. The van der Waals surface area contributed by atoms with Gasteiger partial charge in [-0.1, -0.05) is 11.6 Å². The highest BCUT2D eigenvalue weighted by Gasteiger charge is 1.94. The number of aliphatic hydroxyl groups is 2. The lowest BCUT2D eigenvalue weighted by Gasteiger charge is -1.97. The SMILES string of the molecule is Cc1cc(CO)cc(Cl)n1.Cc1cc(CO)ccn1. The summed E-state index contributed by atoms with van der Waals surface area (Å²) in [5, 5.41) is 17.8. The van der Waals surface area contributed by atoms with Crippen LogP contribution in [0.25, 0.3) is 0 Å². The summed E-state index contributed by atoms with van der Waals surface area (Å²) in [7, 11) is 0. The van der Waals surface area contributed by atoms with Crippen LogP contribution in [0.3, 0.4) is 0 Å². The first-order valence-electron chi connectivity index (χ1n) is 5.81. The van der Waals surface area contributed by atoms with Crippen LogP contribution < -0.4 is 0 Å². The minimum absolute atomic E-state index is 0.0169. The molecule has 0 saturated carbocycles. The van der Waals surface area contributed by atoms with E-state index in [0.717, 1.165) is 22.5 Å². The maximum atomic E-state index is 8.70. The molecule has 2 heterocycles. The van der Waals surface area contributed by atoms with E-state index in [4.69, 9.17) is 21.8 Å². The molecule has 0 spiro atoms. The Kier molecular flexibility index (Phi) is 6.42. The number of hydrogen-bond donors (Lipinski definition) is 2. The van der Waals surface area contributed by atoms with Gasteiger partial charge in [-0.05, 0) is 49.2 Å². The summed E-state index contributed by atoms with van der Waals surface area (Å²) in [5.74, 6) is 0. The number of halogens is 1. The molecule has 2 aromatic heterocycles. The fourth-order valence-electron chi connectivity index (χ4n) is 1.49. The van der Waals surface area contributed by atoms with Crippen molar-refractivity contribution in [2.45, 2.75) is 27.1 Å². The molecule has 0 amide bonds. The van der Waals surface area contributed by atoms with Crippen LogP contribution in [0.4, 0.5) is 0 Å². The van der Waals surface area contributed by atoms with Gasteiger partial charge in [0, 0.05) is 17.6 Å². The quantitative estimate of drug-likeness (QED) is 0.829. The van der Waals surface area contributed by atoms with Crippen molar-refractivity contribution in [3.8, 4) is 0 Å². The smallest absolute Gasteiger partial charge is 0.129 e. The van der Waals surface area contributed by atoms with Crippen LogP contribution in [0.5, 0.6) is 0 Å². The van der Waals surface area contributed by atoms with Gasteiger partial charge in [0.15, 0.2) is 0 Å². The summed E-state index contributed by atoms with van der Waals surface area (Å²) >= 11 is 5.61. The van der Waals surface area contributed by atoms with Gasteiger partial charge in [0.05, 0.1) is 13.2 Å². The molecule has 102 valence electrons. The number of nitrogens with zero attached hydrogens (tertiary/aromatic N) is 2. The highest BCUT2D eigenvalue weighted by atomic mass is 35.5. The summed E-state index contributed by atoms with van der Waals surface area (Å²) in [6, 6.07) is 7.10. The summed E-state index contributed by atoms with van der Waals surface area (Å²) in [5.41, 5.74) is 3.50. The minimum atomic E-state index is 0.0169. The molecule has 2 N–H and O–H groups in total. The lowest BCUT2D eigenvalue weighted by molar-refractivity contribution is 0.281. The highest BCUT2D eigenvalue weighted by Crippen LogP contribution is 2.09. The molecule has 0 radical (unpaired) electrons. The second kappa shape index (κ2) is 7.84. The zero-order valence-corrected chi connectivity index (χ0v) is 11.7. The van der Waals surface area contributed by atoms with Crippen molar-refractivity contribution >= 4 is 11.6 Å². The molecule has 0 saturated heterocycles. The molecular formula is C14H17ClN2O2. The average Bonchev–Trinajstić information content (AvgIpc) is 2.38. The molecule has 0 fully saturated rings. The topological polar surface area (TPSA) is 66.2 Å². The predicted molar refractivity (Wildman–Crippen MR) is 74.8 cm³/mol. The standard InChI is InChI=1S/C7H8ClNO.C7H9NO/c1-5-2-6(4-10)3-7(8)9-5;1-6-4-7(5-9)2-3-8-6/h2-3,10H,4H2,1H3;2-4,9H,5H2,1H3. The van der Waals surface area contributed by atoms with Gasteiger partial charge in [0.25, 0.3) is 0 Å². The van der Waals surface area contributed by atoms with Crippen molar-refractivity contribution in [1.29, 1.82) is 0 Å². The maximum absolute atomic E-state index is 8.70. The Balaban J connectivity index is 0.000000191. The fourth-order valence-corrected chi connectivity index (χ4v) is 1.76. The van der Waals surface area contributed by atoms with Gasteiger partial charge in [-0.2, -0.15) is 0 Å². The Morgan fingerprint density at radius 2 is 1.63 bits per heavy atom. The van der Waals surface area contributed by atoms with Crippen molar-refractivity contribution in [3.63, 3.8) is 0 Å². The number of aromatic nitrogens is 2.